The number of rotatable bonds is 6. The van der Waals surface area contributed by atoms with E-state index in [1.807, 2.05) is 29.9 Å². The third kappa shape index (κ3) is 4.28. The summed E-state index contributed by atoms with van der Waals surface area (Å²) in [6.07, 6.45) is 3.78. The molecule has 0 spiro atoms. The minimum atomic E-state index is -0.0574. The Morgan fingerprint density at radius 2 is 2.08 bits per heavy atom. The van der Waals surface area contributed by atoms with Crippen LogP contribution in [0.1, 0.15) is 47.6 Å². The van der Waals surface area contributed by atoms with Gasteiger partial charge in [-0.15, -0.1) is 0 Å². The van der Waals surface area contributed by atoms with Crippen LogP contribution in [0.15, 0.2) is 30.3 Å². The molecule has 1 aromatic carbocycles. The van der Waals surface area contributed by atoms with Crippen molar-refractivity contribution in [3.05, 3.63) is 52.8 Å². The molecule has 1 amide bonds. The molecule has 3 rings (SSSR count). The van der Waals surface area contributed by atoms with Gasteiger partial charge in [-0.25, -0.2) is 0 Å². The molecule has 2 N–H and O–H groups in total. The zero-order valence-electron chi connectivity index (χ0n) is 15.4. The Hall–Kier alpha value is -2.14. The van der Waals surface area contributed by atoms with Crippen LogP contribution in [0.5, 0.6) is 0 Å². The summed E-state index contributed by atoms with van der Waals surface area (Å²) in [5.41, 5.74) is 4.15. The molecular weight excluding hydrogens is 312 g/mol. The van der Waals surface area contributed by atoms with E-state index in [9.17, 15) is 4.79 Å². The van der Waals surface area contributed by atoms with Crippen molar-refractivity contribution in [3.8, 4) is 0 Å². The number of carbonyl (C=O) groups excluding carboxylic acids is 1. The number of amides is 1. The minimum Gasteiger partial charge on any atom is -0.350 e. The summed E-state index contributed by atoms with van der Waals surface area (Å²) in [4.78, 5) is 12.6. The molecule has 0 saturated carbocycles. The van der Waals surface area contributed by atoms with Crippen LogP contribution in [0.2, 0.25) is 0 Å². The number of aryl methyl sites for hydroxylation is 1. The Balaban J connectivity index is 1.65. The maximum Gasteiger partial charge on any atom is 0.272 e. The van der Waals surface area contributed by atoms with E-state index in [1.165, 1.54) is 11.3 Å². The highest BCUT2D eigenvalue weighted by molar-refractivity contribution is 5.94. The molecule has 0 unspecified atom stereocenters. The smallest absolute Gasteiger partial charge is 0.272 e. The van der Waals surface area contributed by atoms with Gasteiger partial charge in [-0.1, -0.05) is 44.2 Å². The summed E-state index contributed by atoms with van der Waals surface area (Å²) in [5.74, 6) is -0.0574. The van der Waals surface area contributed by atoms with Gasteiger partial charge >= 0.3 is 0 Å². The van der Waals surface area contributed by atoms with Crippen LogP contribution in [0.25, 0.3) is 0 Å². The minimum absolute atomic E-state index is 0.0574. The van der Waals surface area contributed by atoms with Crippen LogP contribution < -0.4 is 10.6 Å². The van der Waals surface area contributed by atoms with E-state index in [1.54, 1.807) is 0 Å². The fraction of sp³-hybridized carbons (Fsp3) is 0.500. The molecule has 0 radical (unpaired) electrons. The van der Waals surface area contributed by atoms with Crippen LogP contribution >= 0.6 is 0 Å². The van der Waals surface area contributed by atoms with Crippen LogP contribution in [0, 0.1) is 0 Å². The number of fused-ring (bicyclic) bond motifs is 1. The van der Waals surface area contributed by atoms with Crippen molar-refractivity contribution in [2.45, 2.75) is 51.6 Å². The molecule has 1 aliphatic carbocycles. The number of carbonyl (C=O) groups is 1. The predicted octanol–water partition coefficient (Wildman–Crippen LogP) is 2.25. The first-order chi connectivity index (χ1) is 12.0. The molecule has 0 aliphatic heterocycles. The molecule has 0 saturated heterocycles. The van der Waals surface area contributed by atoms with Crippen molar-refractivity contribution in [2.75, 3.05) is 6.54 Å². The van der Waals surface area contributed by atoms with Crippen molar-refractivity contribution in [1.82, 2.24) is 20.4 Å². The van der Waals surface area contributed by atoms with Gasteiger partial charge in [0.25, 0.3) is 5.91 Å². The molecular formula is C20H28N4O. The Labute approximate surface area is 149 Å². The van der Waals surface area contributed by atoms with Gasteiger partial charge in [0.1, 0.15) is 0 Å². The highest BCUT2D eigenvalue weighted by Crippen LogP contribution is 2.24. The lowest BCUT2D eigenvalue weighted by Gasteiger charge is -2.26. The summed E-state index contributed by atoms with van der Waals surface area (Å²) in [7, 11) is 1.94. The molecule has 0 bridgehead atoms. The van der Waals surface area contributed by atoms with Crippen LogP contribution in [-0.4, -0.2) is 34.3 Å². The van der Waals surface area contributed by atoms with Crippen molar-refractivity contribution in [2.24, 2.45) is 7.05 Å². The summed E-state index contributed by atoms with van der Waals surface area (Å²) in [6, 6.07) is 11.1. The van der Waals surface area contributed by atoms with E-state index in [0.29, 0.717) is 24.3 Å². The van der Waals surface area contributed by atoms with Crippen molar-refractivity contribution in [1.29, 1.82) is 0 Å². The highest BCUT2D eigenvalue weighted by Gasteiger charge is 2.28. The first kappa shape index (κ1) is 17.7. The third-order valence-corrected chi connectivity index (χ3v) is 4.78. The van der Waals surface area contributed by atoms with Crippen LogP contribution in [-0.2, 0) is 26.3 Å². The van der Waals surface area contributed by atoms with E-state index in [2.05, 4.69) is 41.7 Å². The van der Waals surface area contributed by atoms with Gasteiger partial charge in [-0.05, 0) is 31.2 Å². The standard InChI is InChI=1S/C20H28N4O/c1-14(2)22-16-9-10-18-17(13-16)19(23-24(18)3)20(25)21-12-11-15-7-5-4-6-8-15/h4-8,14,16,22H,9-13H2,1-3H3,(H,21,25)/t16-/m0/s1. The predicted molar refractivity (Wildman–Crippen MR) is 99.8 cm³/mol. The molecule has 1 aromatic heterocycles. The van der Waals surface area contributed by atoms with Gasteiger partial charge in [0, 0.05) is 36.9 Å². The zero-order chi connectivity index (χ0) is 17.8. The maximum atomic E-state index is 12.6. The van der Waals surface area contributed by atoms with Gasteiger partial charge in [-0.3, -0.25) is 9.48 Å². The summed E-state index contributed by atoms with van der Waals surface area (Å²) < 4.78 is 1.88. The second kappa shape index (κ2) is 7.83. The van der Waals surface area contributed by atoms with Gasteiger partial charge in [-0.2, -0.15) is 5.10 Å². The average molecular weight is 340 g/mol. The molecule has 134 valence electrons. The molecule has 2 aromatic rings. The Kier molecular flexibility index (Phi) is 5.53. The molecule has 1 aliphatic rings. The Bertz CT molecular complexity index is 721. The lowest BCUT2D eigenvalue weighted by atomic mass is 9.91. The summed E-state index contributed by atoms with van der Waals surface area (Å²) >= 11 is 0. The first-order valence-electron chi connectivity index (χ1n) is 9.17. The largest absolute Gasteiger partial charge is 0.350 e. The van der Waals surface area contributed by atoms with Gasteiger partial charge in [0.15, 0.2) is 5.69 Å². The number of aromatic nitrogens is 2. The molecule has 1 atom stereocenters. The topological polar surface area (TPSA) is 59.0 Å². The van der Waals surface area contributed by atoms with E-state index >= 15 is 0 Å². The number of nitrogens with one attached hydrogen (secondary N) is 2. The maximum absolute atomic E-state index is 12.6. The number of benzene rings is 1. The first-order valence-corrected chi connectivity index (χ1v) is 9.17. The molecule has 1 heterocycles. The molecule has 0 fully saturated rings. The number of hydrogen-bond acceptors (Lipinski definition) is 3. The van der Waals surface area contributed by atoms with Crippen molar-refractivity contribution >= 4 is 5.91 Å². The average Bonchev–Trinajstić information content (AvgIpc) is 2.92. The Morgan fingerprint density at radius 1 is 1.32 bits per heavy atom. The highest BCUT2D eigenvalue weighted by atomic mass is 16.1. The number of nitrogens with zero attached hydrogens (tertiary/aromatic N) is 2. The number of hydrogen-bond donors (Lipinski definition) is 2. The molecule has 25 heavy (non-hydrogen) atoms. The monoisotopic (exact) mass is 340 g/mol. The fourth-order valence-corrected chi connectivity index (χ4v) is 3.63. The fourth-order valence-electron chi connectivity index (χ4n) is 3.63. The van der Waals surface area contributed by atoms with E-state index in [0.717, 1.165) is 31.2 Å². The van der Waals surface area contributed by atoms with Gasteiger partial charge in [0.2, 0.25) is 0 Å². The van der Waals surface area contributed by atoms with Crippen molar-refractivity contribution < 1.29 is 4.79 Å². The van der Waals surface area contributed by atoms with Gasteiger partial charge in [0.05, 0.1) is 0 Å². The van der Waals surface area contributed by atoms with E-state index in [-0.39, 0.29) is 5.91 Å². The third-order valence-electron chi connectivity index (χ3n) is 4.78. The van der Waals surface area contributed by atoms with Crippen LogP contribution in [0.4, 0.5) is 0 Å². The van der Waals surface area contributed by atoms with Gasteiger partial charge < -0.3 is 10.6 Å². The quantitative estimate of drug-likeness (QED) is 0.848. The van der Waals surface area contributed by atoms with Crippen LogP contribution in [0.3, 0.4) is 0 Å². The summed E-state index contributed by atoms with van der Waals surface area (Å²) in [5, 5.41) is 11.1. The van der Waals surface area contributed by atoms with Crippen molar-refractivity contribution in [3.63, 3.8) is 0 Å². The Morgan fingerprint density at radius 3 is 2.80 bits per heavy atom. The van der Waals surface area contributed by atoms with E-state index < -0.39 is 0 Å². The SMILES string of the molecule is CC(C)N[C@H]1CCc2c(c(C(=O)NCCc3ccccc3)nn2C)C1. The lowest BCUT2D eigenvalue weighted by Crippen LogP contribution is -2.39. The normalized spacial score (nSPS) is 16.7. The second-order valence-electron chi connectivity index (χ2n) is 7.15. The zero-order valence-corrected chi connectivity index (χ0v) is 15.4. The molecule has 5 nitrogen and oxygen atoms in total. The second-order valence-corrected chi connectivity index (χ2v) is 7.15. The van der Waals surface area contributed by atoms with E-state index in [4.69, 9.17) is 0 Å². The lowest BCUT2D eigenvalue weighted by molar-refractivity contribution is 0.0947. The summed E-state index contributed by atoms with van der Waals surface area (Å²) in [6.45, 7) is 4.95. The molecule has 5 heteroatoms.